The summed E-state index contributed by atoms with van der Waals surface area (Å²) in [6, 6.07) is 14.2. The number of benzene rings is 2. The van der Waals surface area contributed by atoms with Crippen LogP contribution in [0.4, 0.5) is 4.39 Å². The fourth-order valence-electron chi connectivity index (χ4n) is 4.23. The van der Waals surface area contributed by atoms with Crippen LogP contribution in [0.1, 0.15) is 48.3 Å². The molecule has 4 heteroatoms. The smallest absolute Gasteiger partial charge is 0.147 e. The van der Waals surface area contributed by atoms with Gasteiger partial charge in [0.15, 0.2) is 0 Å². The van der Waals surface area contributed by atoms with E-state index in [1.165, 1.54) is 37.1 Å². The summed E-state index contributed by atoms with van der Waals surface area (Å²) in [4.78, 5) is 2.54. The Bertz CT molecular complexity index is 751. The van der Waals surface area contributed by atoms with Gasteiger partial charge in [-0.3, -0.25) is 4.90 Å². The van der Waals surface area contributed by atoms with Crippen LogP contribution in [-0.2, 0) is 17.9 Å². The molecule has 0 aromatic heterocycles. The highest BCUT2D eigenvalue weighted by molar-refractivity contribution is 6.30. The molecular formula is C23H27ClFNO. The first kappa shape index (κ1) is 18.9. The van der Waals surface area contributed by atoms with Crippen molar-refractivity contribution in [2.75, 3.05) is 19.7 Å². The Kier molecular flexibility index (Phi) is 6.11. The van der Waals surface area contributed by atoms with E-state index in [0.29, 0.717) is 30.6 Å². The number of likely N-dealkylation sites (tertiary alicyclic amines) is 1. The Hall–Kier alpha value is -1.42. The second kappa shape index (κ2) is 8.72. The van der Waals surface area contributed by atoms with E-state index in [1.54, 1.807) is 18.2 Å². The van der Waals surface area contributed by atoms with Crippen molar-refractivity contribution in [1.82, 2.24) is 4.90 Å². The van der Waals surface area contributed by atoms with E-state index in [2.05, 4.69) is 29.2 Å². The number of nitrogens with zero attached hydrogens (tertiary/aromatic N) is 1. The standard InChI is InChI=1S/C23H27ClFNO/c24-22-5-3-4-20(23(22)25)16-27-15-18-12-21(13-18)19-8-6-17(7-9-19)14-26-10-1-2-11-26/h3-9,18,21H,1-2,10-16H2. The molecule has 1 heterocycles. The van der Waals surface area contributed by atoms with Crippen molar-refractivity contribution in [3.05, 3.63) is 70.0 Å². The maximum atomic E-state index is 13.9. The molecule has 1 saturated heterocycles. The van der Waals surface area contributed by atoms with E-state index in [1.807, 2.05) is 0 Å². The van der Waals surface area contributed by atoms with Gasteiger partial charge in [-0.1, -0.05) is 48.0 Å². The summed E-state index contributed by atoms with van der Waals surface area (Å²) < 4.78 is 19.6. The van der Waals surface area contributed by atoms with Gasteiger partial charge in [-0.2, -0.15) is 0 Å². The number of rotatable bonds is 7. The predicted octanol–water partition coefficient (Wildman–Crippen LogP) is 5.79. The normalized spacial score (nSPS) is 22.7. The Balaban J connectivity index is 1.19. The molecule has 2 aromatic rings. The Morgan fingerprint density at radius 2 is 1.78 bits per heavy atom. The average Bonchev–Trinajstić information content (AvgIpc) is 3.14. The first-order chi connectivity index (χ1) is 13.2. The van der Waals surface area contributed by atoms with Gasteiger partial charge in [-0.05, 0) is 67.8 Å². The molecule has 1 aliphatic heterocycles. The zero-order valence-corrected chi connectivity index (χ0v) is 16.4. The van der Waals surface area contributed by atoms with Gasteiger partial charge in [0.25, 0.3) is 0 Å². The van der Waals surface area contributed by atoms with Gasteiger partial charge < -0.3 is 4.74 Å². The average molecular weight is 388 g/mol. The molecule has 0 spiro atoms. The highest BCUT2D eigenvalue weighted by Crippen LogP contribution is 2.41. The summed E-state index contributed by atoms with van der Waals surface area (Å²) in [5.74, 6) is 0.850. The summed E-state index contributed by atoms with van der Waals surface area (Å²) in [7, 11) is 0. The van der Waals surface area contributed by atoms with Crippen LogP contribution in [0.25, 0.3) is 0 Å². The largest absolute Gasteiger partial charge is 0.376 e. The molecule has 0 unspecified atom stereocenters. The van der Waals surface area contributed by atoms with Crippen molar-refractivity contribution in [1.29, 1.82) is 0 Å². The van der Waals surface area contributed by atoms with Crippen molar-refractivity contribution in [2.45, 2.75) is 44.8 Å². The molecule has 0 bridgehead atoms. The first-order valence-corrected chi connectivity index (χ1v) is 10.4. The molecule has 0 radical (unpaired) electrons. The number of halogens is 2. The van der Waals surface area contributed by atoms with Crippen LogP contribution >= 0.6 is 11.6 Å². The third-order valence-electron chi connectivity index (χ3n) is 5.93. The van der Waals surface area contributed by atoms with Gasteiger partial charge in [0.2, 0.25) is 0 Å². The Morgan fingerprint density at radius 1 is 1.04 bits per heavy atom. The van der Waals surface area contributed by atoms with Crippen molar-refractivity contribution in [3.8, 4) is 0 Å². The number of hydrogen-bond acceptors (Lipinski definition) is 2. The maximum absolute atomic E-state index is 13.9. The minimum atomic E-state index is -0.361. The zero-order chi connectivity index (χ0) is 18.6. The van der Waals surface area contributed by atoms with Gasteiger partial charge >= 0.3 is 0 Å². The molecule has 144 valence electrons. The SMILES string of the molecule is Fc1c(Cl)cccc1COCC1CC(c2ccc(CN3CCCC3)cc2)C1. The topological polar surface area (TPSA) is 12.5 Å². The summed E-state index contributed by atoms with van der Waals surface area (Å²) in [5.41, 5.74) is 3.40. The minimum Gasteiger partial charge on any atom is -0.376 e. The Labute approximate surface area is 166 Å². The molecule has 0 amide bonds. The van der Waals surface area contributed by atoms with Gasteiger partial charge in [0.1, 0.15) is 5.82 Å². The maximum Gasteiger partial charge on any atom is 0.147 e. The van der Waals surface area contributed by atoms with E-state index in [4.69, 9.17) is 16.3 Å². The van der Waals surface area contributed by atoms with Crippen molar-refractivity contribution < 1.29 is 9.13 Å². The van der Waals surface area contributed by atoms with Crippen molar-refractivity contribution in [2.24, 2.45) is 5.92 Å². The minimum absolute atomic E-state index is 0.160. The van der Waals surface area contributed by atoms with E-state index in [9.17, 15) is 4.39 Å². The van der Waals surface area contributed by atoms with Crippen LogP contribution in [0.15, 0.2) is 42.5 Å². The molecule has 0 atom stereocenters. The zero-order valence-electron chi connectivity index (χ0n) is 15.7. The van der Waals surface area contributed by atoms with Crippen LogP contribution in [0.5, 0.6) is 0 Å². The van der Waals surface area contributed by atoms with Gasteiger partial charge in [0.05, 0.1) is 11.6 Å². The second-order valence-electron chi connectivity index (χ2n) is 7.99. The molecule has 2 aliphatic rings. The van der Waals surface area contributed by atoms with E-state index in [0.717, 1.165) is 19.4 Å². The molecule has 2 aromatic carbocycles. The van der Waals surface area contributed by atoms with Crippen LogP contribution < -0.4 is 0 Å². The lowest BCUT2D eigenvalue weighted by Gasteiger charge is -2.35. The van der Waals surface area contributed by atoms with Crippen LogP contribution in [0, 0.1) is 11.7 Å². The van der Waals surface area contributed by atoms with Gasteiger partial charge in [-0.25, -0.2) is 4.39 Å². The van der Waals surface area contributed by atoms with E-state index < -0.39 is 0 Å². The predicted molar refractivity (Wildman–Crippen MR) is 107 cm³/mol. The first-order valence-electron chi connectivity index (χ1n) is 10.0. The molecule has 4 rings (SSSR count). The molecule has 2 nitrogen and oxygen atoms in total. The molecule has 2 fully saturated rings. The molecule has 0 N–H and O–H groups in total. The van der Waals surface area contributed by atoms with Crippen LogP contribution in [0.2, 0.25) is 5.02 Å². The summed E-state index contributed by atoms with van der Waals surface area (Å²) in [6.07, 6.45) is 4.99. The lowest BCUT2D eigenvalue weighted by molar-refractivity contribution is 0.0495. The van der Waals surface area contributed by atoms with E-state index in [-0.39, 0.29) is 10.8 Å². The van der Waals surface area contributed by atoms with Crippen molar-refractivity contribution >= 4 is 11.6 Å². The lowest BCUT2D eigenvalue weighted by atomic mass is 9.72. The highest BCUT2D eigenvalue weighted by Gasteiger charge is 2.30. The quantitative estimate of drug-likeness (QED) is 0.596. The van der Waals surface area contributed by atoms with E-state index >= 15 is 0 Å². The lowest BCUT2D eigenvalue weighted by Crippen LogP contribution is -2.26. The number of ether oxygens (including phenoxy) is 1. The monoisotopic (exact) mass is 387 g/mol. The third kappa shape index (κ3) is 4.71. The van der Waals surface area contributed by atoms with Crippen LogP contribution in [0.3, 0.4) is 0 Å². The Morgan fingerprint density at radius 3 is 2.52 bits per heavy atom. The van der Waals surface area contributed by atoms with Crippen LogP contribution in [-0.4, -0.2) is 24.6 Å². The molecular weight excluding hydrogens is 361 g/mol. The summed E-state index contributed by atoms with van der Waals surface area (Å²) >= 11 is 5.81. The van der Waals surface area contributed by atoms with Gasteiger partial charge in [0, 0.05) is 18.7 Å². The summed E-state index contributed by atoms with van der Waals surface area (Å²) in [6.45, 7) is 4.55. The highest BCUT2D eigenvalue weighted by atomic mass is 35.5. The molecule has 1 aliphatic carbocycles. The second-order valence-corrected chi connectivity index (χ2v) is 8.39. The fourth-order valence-corrected chi connectivity index (χ4v) is 4.43. The number of hydrogen-bond donors (Lipinski definition) is 0. The molecule has 1 saturated carbocycles. The third-order valence-corrected chi connectivity index (χ3v) is 6.23. The van der Waals surface area contributed by atoms with Crippen molar-refractivity contribution in [3.63, 3.8) is 0 Å². The summed E-state index contributed by atoms with van der Waals surface area (Å²) in [5, 5.41) is 0.160. The molecule has 27 heavy (non-hydrogen) atoms. The fraction of sp³-hybridized carbons (Fsp3) is 0.478. The van der Waals surface area contributed by atoms with Gasteiger partial charge in [-0.15, -0.1) is 0 Å².